The van der Waals surface area contributed by atoms with E-state index in [9.17, 15) is 9.59 Å². The zero-order chi connectivity index (χ0) is 25.7. The van der Waals surface area contributed by atoms with Gasteiger partial charge in [0.2, 0.25) is 6.41 Å². The monoisotopic (exact) mass is 490 g/mol. The topological polar surface area (TPSA) is 95.7 Å². The summed E-state index contributed by atoms with van der Waals surface area (Å²) in [6.45, 7) is 8.91. The van der Waals surface area contributed by atoms with Crippen molar-refractivity contribution < 1.29 is 9.18 Å². The number of aromatic amines is 1. The van der Waals surface area contributed by atoms with E-state index in [1.807, 2.05) is 12.1 Å². The van der Waals surface area contributed by atoms with Gasteiger partial charge in [-0.1, -0.05) is 31.9 Å². The summed E-state index contributed by atoms with van der Waals surface area (Å²) in [5.74, 6) is 1.16. The molecule has 1 aliphatic heterocycles. The lowest BCUT2D eigenvalue weighted by molar-refractivity contribution is -0.117. The van der Waals surface area contributed by atoms with Crippen LogP contribution in [0.4, 0.5) is 15.8 Å². The van der Waals surface area contributed by atoms with Crippen LogP contribution in [0.1, 0.15) is 38.9 Å². The van der Waals surface area contributed by atoms with E-state index < -0.39 is 11.5 Å². The number of nitrogens with zero attached hydrogens (tertiary/aromatic N) is 5. The highest BCUT2D eigenvalue weighted by molar-refractivity contribution is 5.78. The molecule has 0 radical (unpaired) electrons. The lowest BCUT2D eigenvalue weighted by Crippen LogP contribution is -2.21. The van der Waals surface area contributed by atoms with Gasteiger partial charge >= 0.3 is 5.69 Å². The maximum atomic E-state index is 15.2. The molecule has 1 saturated carbocycles. The molecule has 1 saturated heterocycles. The van der Waals surface area contributed by atoms with E-state index in [1.54, 1.807) is 36.2 Å². The van der Waals surface area contributed by atoms with Crippen LogP contribution in [0.3, 0.4) is 0 Å². The molecule has 2 aromatic carbocycles. The van der Waals surface area contributed by atoms with E-state index in [-0.39, 0.29) is 11.6 Å². The molecule has 0 spiro atoms. The number of carbonyl (C=O) groups is 1. The largest absolute Gasteiger partial charge is 0.348 e. The van der Waals surface area contributed by atoms with E-state index in [2.05, 4.69) is 33.8 Å². The molecular weight excluding hydrogens is 459 g/mol. The van der Waals surface area contributed by atoms with Crippen molar-refractivity contribution in [2.24, 2.45) is 21.8 Å². The summed E-state index contributed by atoms with van der Waals surface area (Å²) in [6.07, 6.45) is 6.74. The lowest BCUT2D eigenvalue weighted by Gasteiger charge is -2.12. The van der Waals surface area contributed by atoms with Gasteiger partial charge in [0.15, 0.2) is 0 Å². The summed E-state index contributed by atoms with van der Waals surface area (Å²) >= 11 is 0. The third-order valence-corrected chi connectivity index (χ3v) is 6.48. The first-order valence-corrected chi connectivity index (χ1v) is 12.2. The second-order valence-corrected chi connectivity index (χ2v) is 9.34. The van der Waals surface area contributed by atoms with Crippen LogP contribution in [0.2, 0.25) is 0 Å². The summed E-state index contributed by atoms with van der Waals surface area (Å²) in [5, 5.41) is 6.52. The summed E-state index contributed by atoms with van der Waals surface area (Å²) in [7, 11) is 0. The van der Waals surface area contributed by atoms with E-state index in [4.69, 9.17) is 0 Å². The number of halogens is 1. The van der Waals surface area contributed by atoms with Crippen LogP contribution >= 0.6 is 0 Å². The van der Waals surface area contributed by atoms with Gasteiger partial charge in [-0.05, 0) is 67.3 Å². The number of hydrogen-bond acceptors (Lipinski definition) is 5. The molecule has 8 nitrogen and oxygen atoms in total. The zero-order valence-electron chi connectivity index (χ0n) is 20.7. The number of aromatic nitrogens is 3. The normalized spacial score (nSPS) is 17.2. The number of aliphatic imine (C=N–C) groups is 2. The highest BCUT2D eigenvalue weighted by Crippen LogP contribution is 2.33. The SMILES string of the molecule is C=Nc1ccc(-c2ccc(-n3c(CC4CCN(C=O)C4)n[nH]c3=O)c(F)c2)cc1N=CC.CC1CC1. The number of nitrogens with one attached hydrogen (secondary N) is 1. The van der Waals surface area contributed by atoms with Crippen LogP contribution in [0, 0.1) is 17.7 Å². The fourth-order valence-electron chi connectivity index (χ4n) is 4.21. The fourth-order valence-corrected chi connectivity index (χ4v) is 4.21. The molecule has 2 fully saturated rings. The summed E-state index contributed by atoms with van der Waals surface area (Å²) in [4.78, 5) is 33.3. The number of benzene rings is 2. The minimum atomic E-state index is -0.542. The van der Waals surface area contributed by atoms with Gasteiger partial charge in [-0.25, -0.2) is 18.9 Å². The minimum Gasteiger partial charge on any atom is -0.345 e. The molecule has 0 bridgehead atoms. The molecule has 3 aromatic rings. The van der Waals surface area contributed by atoms with Gasteiger partial charge in [0.25, 0.3) is 0 Å². The van der Waals surface area contributed by atoms with E-state index >= 15 is 4.39 Å². The first kappa shape index (κ1) is 25.2. The molecular formula is C27H31FN6O2. The van der Waals surface area contributed by atoms with Crippen molar-refractivity contribution in [3.63, 3.8) is 0 Å². The van der Waals surface area contributed by atoms with Crippen molar-refractivity contribution in [1.82, 2.24) is 19.7 Å². The Balaban J connectivity index is 0.000000692. The Morgan fingerprint density at radius 3 is 2.50 bits per heavy atom. The Morgan fingerprint density at radius 2 is 1.89 bits per heavy atom. The van der Waals surface area contributed by atoms with Crippen LogP contribution in [-0.2, 0) is 11.2 Å². The zero-order valence-corrected chi connectivity index (χ0v) is 20.7. The van der Waals surface area contributed by atoms with E-state index in [1.165, 1.54) is 23.5 Å². The predicted octanol–water partition coefficient (Wildman–Crippen LogP) is 4.86. The first-order chi connectivity index (χ1) is 17.4. The molecule has 5 rings (SSSR count). The quantitative estimate of drug-likeness (QED) is 0.378. The number of carbonyl (C=O) groups excluding carboxylic acids is 1. The maximum absolute atomic E-state index is 15.2. The second-order valence-electron chi connectivity index (χ2n) is 9.34. The maximum Gasteiger partial charge on any atom is 0.348 e. The van der Waals surface area contributed by atoms with Gasteiger partial charge in [-0.3, -0.25) is 14.8 Å². The van der Waals surface area contributed by atoms with Gasteiger partial charge in [0.1, 0.15) is 11.6 Å². The number of H-pyrrole nitrogens is 1. The Kier molecular flexibility index (Phi) is 7.87. The smallest absolute Gasteiger partial charge is 0.345 e. The lowest BCUT2D eigenvalue weighted by atomic mass is 10.0. The molecule has 188 valence electrons. The van der Waals surface area contributed by atoms with Gasteiger partial charge in [-0.2, -0.15) is 5.10 Å². The highest BCUT2D eigenvalue weighted by Gasteiger charge is 2.25. The molecule has 1 amide bonds. The second kappa shape index (κ2) is 11.2. The Hall–Kier alpha value is -3.88. The Labute approximate surface area is 209 Å². The molecule has 2 heterocycles. The van der Waals surface area contributed by atoms with Crippen molar-refractivity contribution in [2.45, 2.75) is 39.5 Å². The van der Waals surface area contributed by atoms with Crippen molar-refractivity contribution in [3.8, 4) is 16.8 Å². The molecule has 2 aliphatic rings. The Morgan fingerprint density at radius 1 is 1.17 bits per heavy atom. The number of likely N-dealkylation sites (tertiary alicyclic amines) is 1. The Bertz CT molecular complexity index is 1320. The van der Waals surface area contributed by atoms with Crippen LogP contribution in [0.25, 0.3) is 16.8 Å². The number of hydrogen-bond donors (Lipinski definition) is 1. The van der Waals surface area contributed by atoms with Crippen LogP contribution in [-0.4, -0.2) is 52.1 Å². The third-order valence-electron chi connectivity index (χ3n) is 6.48. The van der Waals surface area contributed by atoms with Crippen LogP contribution in [0.5, 0.6) is 0 Å². The van der Waals surface area contributed by atoms with Crippen molar-refractivity contribution in [1.29, 1.82) is 0 Å². The highest BCUT2D eigenvalue weighted by atomic mass is 19.1. The van der Waals surface area contributed by atoms with Crippen LogP contribution in [0.15, 0.2) is 51.2 Å². The molecule has 9 heteroatoms. The van der Waals surface area contributed by atoms with Crippen molar-refractivity contribution in [3.05, 3.63) is 58.5 Å². The summed E-state index contributed by atoms with van der Waals surface area (Å²) < 4.78 is 16.4. The van der Waals surface area contributed by atoms with Crippen LogP contribution < -0.4 is 5.69 Å². The molecule has 36 heavy (non-hydrogen) atoms. The first-order valence-electron chi connectivity index (χ1n) is 12.2. The molecule has 1 unspecified atom stereocenters. The standard InChI is InChI=1S/C23H23FN6O2.C4H8/c1-3-26-20-12-17(4-6-19(20)25-2)16-5-7-21(18(24)11-16)30-22(27-28-23(30)32)10-15-8-9-29(13-15)14-31;1-4-2-3-4/h3-7,11-12,14-15H,2,8-10,13H2,1H3,(H,28,32);4H,2-3H2,1H3. The number of amides is 1. The molecule has 1 N–H and O–H groups in total. The average molecular weight is 491 g/mol. The molecule has 1 aliphatic carbocycles. The van der Waals surface area contributed by atoms with Gasteiger partial charge in [0, 0.05) is 25.7 Å². The van der Waals surface area contributed by atoms with Crippen molar-refractivity contribution in [2.75, 3.05) is 13.1 Å². The van der Waals surface area contributed by atoms with Crippen molar-refractivity contribution >= 4 is 30.7 Å². The predicted molar refractivity (Wildman–Crippen MR) is 140 cm³/mol. The molecule has 1 aromatic heterocycles. The minimum absolute atomic E-state index is 0.129. The van der Waals surface area contributed by atoms with E-state index in [0.717, 1.165) is 24.3 Å². The summed E-state index contributed by atoms with van der Waals surface area (Å²) in [6, 6.07) is 10.1. The number of rotatable bonds is 7. The van der Waals surface area contributed by atoms with Gasteiger partial charge < -0.3 is 4.90 Å². The van der Waals surface area contributed by atoms with E-state index in [0.29, 0.717) is 42.3 Å². The average Bonchev–Trinajstić information content (AvgIpc) is 3.39. The summed E-state index contributed by atoms with van der Waals surface area (Å²) in [5.41, 5.74) is 2.31. The van der Waals surface area contributed by atoms with Gasteiger partial charge in [0.05, 0.1) is 17.1 Å². The third kappa shape index (κ3) is 5.84. The fraction of sp³-hybridized carbons (Fsp3) is 0.370. The molecule has 1 atom stereocenters. The van der Waals surface area contributed by atoms with Gasteiger partial charge in [-0.15, -0.1) is 0 Å².